The van der Waals surface area contributed by atoms with E-state index in [1.165, 1.54) is 0 Å². The van der Waals surface area contributed by atoms with Gasteiger partial charge in [0.15, 0.2) is 0 Å². The number of rotatable bonds is 18. The maximum absolute atomic E-state index is 14.3. The average molecular weight is 704 g/mol. The second kappa shape index (κ2) is 19.2. The minimum Gasteiger partial charge on any atom is -0.347 e. The second-order valence-electron chi connectivity index (χ2n) is 12.5. The van der Waals surface area contributed by atoms with Crippen molar-refractivity contribution >= 4 is 30.4 Å². The van der Waals surface area contributed by atoms with Gasteiger partial charge in [-0.25, -0.2) is 0 Å². The van der Waals surface area contributed by atoms with Gasteiger partial charge in [-0.1, -0.05) is 129 Å². The lowest BCUT2D eigenvalue weighted by Gasteiger charge is -2.28. The molecule has 1 unspecified atom stereocenters. The van der Waals surface area contributed by atoms with Crippen LogP contribution in [0.25, 0.3) is 22.5 Å². The van der Waals surface area contributed by atoms with Gasteiger partial charge in [-0.2, -0.15) is 17.8 Å². The minimum atomic E-state index is -0.815. The first-order valence-corrected chi connectivity index (χ1v) is 18.0. The maximum atomic E-state index is 14.3. The third kappa shape index (κ3) is 10.8. The number of carbonyl (C=O) groups excluding carboxylic acids is 3. The van der Waals surface area contributed by atoms with E-state index in [1.807, 2.05) is 114 Å². The number of aromatic nitrogens is 4. The molecule has 0 aliphatic heterocycles. The number of thiol groups is 1. The number of amides is 3. The summed E-state index contributed by atoms with van der Waals surface area (Å²) in [7, 11) is 0. The molecule has 0 saturated carbocycles. The summed E-state index contributed by atoms with van der Waals surface area (Å²) < 4.78 is 0. The van der Waals surface area contributed by atoms with E-state index in [1.54, 1.807) is 0 Å². The number of hydrogen-bond acceptors (Lipinski definition) is 7. The number of tetrazole rings is 1. The van der Waals surface area contributed by atoms with E-state index in [-0.39, 0.29) is 18.4 Å². The zero-order valence-corrected chi connectivity index (χ0v) is 29.8. The summed E-state index contributed by atoms with van der Waals surface area (Å²) in [5.41, 5.74) is 5.74. The predicted octanol–water partition coefficient (Wildman–Crippen LogP) is 5.68. The van der Waals surface area contributed by atoms with Crippen LogP contribution in [0.15, 0.2) is 109 Å². The molecule has 3 amide bonds. The highest BCUT2D eigenvalue weighted by Crippen LogP contribution is 2.30. The first-order valence-electron chi connectivity index (χ1n) is 17.4. The SMILES string of the molecule is CCCCCN(Cc1ccc(-c2ccccc2-c2nn[nH]n2)cc1)C(=O)[C@H](Cc1ccccc1)NC(=O)CNC(=O)C(CS)Cc1ccccc1. The van der Waals surface area contributed by atoms with Crippen LogP contribution < -0.4 is 10.6 Å². The van der Waals surface area contributed by atoms with Crippen LogP contribution in [0.3, 0.4) is 0 Å². The van der Waals surface area contributed by atoms with Crippen molar-refractivity contribution in [2.24, 2.45) is 5.92 Å². The van der Waals surface area contributed by atoms with Gasteiger partial charge >= 0.3 is 0 Å². The Morgan fingerprint density at radius 1 is 0.784 bits per heavy atom. The summed E-state index contributed by atoms with van der Waals surface area (Å²) in [6, 6.07) is 34.5. The number of unbranched alkanes of at least 4 members (excludes halogenated alkanes) is 2. The third-order valence-electron chi connectivity index (χ3n) is 8.75. The van der Waals surface area contributed by atoms with Crippen molar-refractivity contribution in [3.05, 3.63) is 126 Å². The molecule has 3 N–H and O–H groups in total. The van der Waals surface area contributed by atoms with Gasteiger partial charge in [0, 0.05) is 30.8 Å². The first kappa shape index (κ1) is 37.0. The lowest BCUT2D eigenvalue weighted by molar-refractivity contribution is -0.137. The van der Waals surface area contributed by atoms with Gasteiger partial charge in [-0.3, -0.25) is 14.4 Å². The average Bonchev–Trinajstić information content (AvgIpc) is 3.72. The fraction of sp³-hybridized carbons (Fsp3) is 0.300. The van der Waals surface area contributed by atoms with Gasteiger partial charge in [0.1, 0.15) is 6.04 Å². The molecular weight excluding hydrogens is 659 g/mol. The molecule has 11 heteroatoms. The van der Waals surface area contributed by atoms with Crippen LogP contribution in [0.4, 0.5) is 0 Å². The quantitative estimate of drug-likeness (QED) is 0.0686. The Labute approximate surface area is 304 Å². The molecule has 4 aromatic carbocycles. The van der Waals surface area contributed by atoms with Crippen LogP contribution in [-0.4, -0.2) is 68.1 Å². The number of benzene rings is 4. The monoisotopic (exact) mass is 703 g/mol. The molecule has 51 heavy (non-hydrogen) atoms. The summed E-state index contributed by atoms with van der Waals surface area (Å²) in [5, 5.41) is 20.2. The molecule has 1 aromatic heterocycles. The zero-order chi connectivity index (χ0) is 35.8. The predicted molar refractivity (Wildman–Crippen MR) is 203 cm³/mol. The topological polar surface area (TPSA) is 133 Å². The lowest BCUT2D eigenvalue weighted by atomic mass is 9.98. The second-order valence-corrected chi connectivity index (χ2v) is 12.9. The van der Waals surface area contributed by atoms with Crippen molar-refractivity contribution in [1.29, 1.82) is 0 Å². The van der Waals surface area contributed by atoms with E-state index in [9.17, 15) is 14.4 Å². The summed E-state index contributed by atoms with van der Waals surface area (Å²) in [4.78, 5) is 42.5. The van der Waals surface area contributed by atoms with Crippen molar-refractivity contribution < 1.29 is 14.4 Å². The van der Waals surface area contributed by atoms with E-state index in [0.29, 0.717) is 37.5 Å². The largest absolute Gasteiger partial charge is 0.347 e. The Hall–Kier alpha value is -5.29. The molecule has 0 aliphatic rings. The van der Waals surface area contributed by atoms with Crippen LogP contribution in [0.2, 0.25) is 0 Å². The van der Waals surface area contributed by atoms with Crippen LogP contribution in [0.5, 0.6) is 0 Å². The smallest absolute Gasteiger partial charge is 0.245 e. The fourth-order valence-electron chi connectivity index (χ4n) is 6.00. The first-order chi connectivity index (χ1) is 24.9. The molecular formula is C40H45N7O3S. The molecule has 0 fully saturated rings. The molecule has 0 spiro atoms. The fourth-order valence-corrected chi connectivity index (χ4v) is 6.30. The molecule has 2 atom stereocenters. The Balaban J connectivity index is 1.29. The summed E-state index contributed by atoms with van der Waals surface area (Å²) in [6.45, 7) is 2.83. The number of H-pyrrole nitrogens is 1. The number of carbonyl (C=O) groups is 3. The van der Waals surface area contributed by atoms with Gasteiger partial charge in [0.05, 0.1) is 12.5 Å². The zero-order valence-electron chi connectivity index (χ0n) is 28.9. The highest BCUT2D eigenvalue weighted by atomic mass is 32.1. The van der Waals surface area contributed by atoms with Gasteiger partial charge in [0.25, 0.3) is 0 Å². The number of hydrogen-bond donors (Lipinski definition) is 4. The molecule has 10 nitrogen and oxygen atoms in total. The van der Waals surface area contributed by atoms with Crippen LogP contribution >= 0.6 is 12.6 Å². The van der Waals surface area contributed by atoms with Crippen molar-refractivity contribution in [2.75, 3.05) is 18.8 Å². The minimum absolute atomic E-state index is 0.168. The summed E-state index contributed by atoms with van der Waals surface area (Å²) in [5.74, 6) is -0.372. The van der Waals surface area contributed by atoms with E-state index >= 15 is 0 Å². The molecule has 0 bridgehead atoms. The molecule has 5 rings (SSSR count). The van der Waals surface area contributed by atoms with Crippen molar-refractivity contribution in [3.8, 4) is 22.5 Å². The van der Waals surface area contributed by atoms with E-state index in [4.69, 9.17) is 0 Å². The van der Waals surface area contributed by atoms with Gasteiger partial charge in [0.2, 0.25) is 23.5 Å². The Kier molecular flexibility index (Phi) is 13.9. The highest BCUT2D eigenvalue weighted by Gasteiger charge is 2.27. The molecule has 1 heterocycles. The normalized spacial score (nSPS) is 12.1. The molecule has 0 saturated heterocycles. The van der Waals surface area contributed by atoms with E-state index in [2.05, 4.69) is 50.8 Å². The summed E-state index contributed by atoms with van der Waals surface area (Å²) in [6.07, 6.45) is 3.67. The lowest BCUT2D eigenvalue weighted by Crippen LogP contribution is -2.52. The Morgan fingerprint density at radius 2 is 1.43 bits per heavy atom. The summed E-state index contributed by atoms with van der Waals surface area (Å²) >= 11 is 4.39. The standard InChI is InChI=1S/C40H45N7O3S/c1-2-3-12-23-47(27-31-19-21-32(22-20-31)34-17-10-11-18-35(34)38-43-45-46-44-38)40(50)36(25-30-15-8-5-9-16-30)42-37(48)26-41-39(49)33(28-51)24-29-13-6-4-7-14-29/h4-11,13-22,33,36,51H,2-3,12,23-28H2,1H3,(H,41,49)(H,42,48)(H,43,44,45,46)/t33?,36-/m0/s1. The molecule has 0 aliphatic carbocycles. The van der Waals surface area contributed by atoms with Crippen molar-refractivity contribution in [2.45, 2.75) is 51.6 Å². The van der Waals surface area contributed by atoms with E-state index < -0.39 is 17.9 Å². The molecule has 0 radical (unpaired) electrons. The molecule has 5 aromatic rings. The number of aromatic amines is 1. The van der Waals surface area contributed by atoms with Crippen LogP contribution in [0.1, 0.15) is 42.9 Å². The number of nitrogens with one attached hydrogen (secondary N) is 3. The Bertz CT molecular complexity index is 1820. The van der Waals surface area contributed by atoms with Crippen molar-refractivity contribution in [3.63, 3.8) is 0 Å². The highest BCUT2D eigenvalue weighted by molar-refractivity contribution is 7.80. The third-order valence-corrected chi connectivity index (χ3v) is 9.19. The van der Waals surface area contributed by atoms with Gasteiger partial charge in [-0.05, 0) is 45.9 Å². The van der Waals surface area contributed by atoms with Crippen LogP contribution in [-0.2, 0) is 33.8 Å². The van der Waals surface area contributed by atoms with E-state index in [0.717, 1.165) is 52.6 Å². The van der Waals surface area contributed by atoms with Crippen molar-refractivity contribution in [1.82, 2.24) is 36.2 Å². The molecule has 264 valence electrons. The van der Waals surface area contributed by atoms with Gasteiger partial charge in [-0.15, -0.1) is 10.2 Å². The number of nitrogens with zero attached hydrogens (tertiary/aromatic N) is 4. The van der Waals surface area contributed by atoms with Crippen LogP contribution in [0, 0.1) is 5.92 Å². The van der Waals surface area contributed by atoms with Gasteiger partial charge < -0.3 is 15.5 Å². The maximum Gasteiger partial charge on any atom is 0.245 e. The Morgan fingerprint density at radius 3 is 2.06 bits per heavy atom.